The molecule has 1 atom stereocenters. The van der Waals surface area contributed by atoms with E-state index in [1.807, 2.05) is 6.07 Å². The Morgan fingerprint density at radius 3 is 2.91 bits per heavy atom. The maximum atomic E-state index is 12.6. The molecule has 2 aromatic rings. The lowest BCUT2D eigenvalue weighted by atomic mass is 10.2. The van der Waals surface area contributed by atoms with Gasteiger partial charge >= 0.3 is 6.01 Å². The molecule has 1 aliphatic rings. The zero-order valence-electron chi connectivity index (χ0n) is 11.6. The first-order valence-electron chi connectivity index (χ1n) is 6.81. The number of benzene rings is 1. The van der Waals surface area contributed by atoms with Gasteiger partial charge in [0, 0.05) is 29.8 Å². The van der Waals surface area contributed by atoms with Crippen molar-refractivity contribution in [2.45, 2.75) is 12.5 Å². The van der Waals surface area contributed by atoms with Crippen molar-refractivity contribution in [3.8, 4) is 6.01 Å². The van der Waals surface area contributed by atoms with E-state index in [1.54, 1.807) is 35.5 Å². The number of nitrogens with zero attached hydrogens (tertiary/aromatic N) is 3. The molecule has 0 aliphatic carbocycles. The number of aromatic nitrogens is 2. The Kier molecular flexibility index (Phi) is 4.59. The molecule has 2 heterocycles. The first-order chi connectivity index (χ1) is 10.6. The van der Waals surface area contributed by atoms with Crippen LogP contribution in [0.25, 0.3) is 0 Å². The Balaban J connectivity index is 1.67. The fourth-order valence-electron chi connectivity index (χ4n) is 2.34. The van der Waals surface area contributed by atoms with Crippen LogP contribution in [0.1, 0.15) is 16.8 Å². The van der Waals surface area contributed by atoms with Gasteiger partial charge in [0.05, 0.1) is 17.1 Å². The molecule has 0 bridgehead atoms. The number of amides is 1. The first-order valence-corrected chi connectivity index (χ1v) is 7.98. The molecular formula is C15H13BrClN3O2. The van der Waals surface area contributed by atoms with Gasteiger partial charge in [-0.05, 0) is 24.3 Å². The number of hydrogen-bond donors (Lipinski definition) is 0. The van der Waals surface area contributed by atoms with Gasteiger partial charge in [0.25, 0.3) is 5.91 Å². The Hall–Kier alpha value is -1.66. The van der Waals surface area contributed by atoms with Crippen LogP contribution in [-0.2, 0) is 0 Å². The lowest BCUT2D eigenvalue weighted by Gasteiger charge is -2.17. The van der Waals surface area contributed by atoms with Gasteiger partial charge in [-0.15, -0.1) is 0 Å². The van der Waals surface area contributed by atoms with E-state index in [-0.39, 0.29) is 12.0 Å². The first kappa shape index (κ1) is 15.2. The summed E-state index contributed by atoms with van der Waals surface area (Å²) in [5.41, 5.74) is 0.493. The number of hydrogen-bond acceptors (Lipinski definition) is 4. The van der Waals surface area contributed by atoms with Crippen molar-refractivity contribution in [1.29, 1.82) is 0 Å². The Labute approximate surface area is 141 Å². The van der Waals surface area contributed by atoms with Crippen molar-refractivity contribution in [3.63, 3.8) is 0 Å². The average Bonchev–Trinajstić information content (AvgIpc) is 2.98. The molecule has 0 radical (unpaired) electrons. The minimum absolute atomic E-state index is 0.0913. The number of likely N-dealkylation sites (tertiary alicyclic amines) is 1. The van der Waals surface area contributed by atoms with Crippen LogP contribution in [0.5, 0.6) is 6.01 Å². The monoisotopic (exact) mass is 381 g/mol. The fourth-order valence-corrected chi connectivity index (χ4v) is 2.90. The van der Waals surface area contributed by atoms with Gasteiger partial charge in [-0.3, -0.25) is 4.79 Å². The Morgan fingerprint density at radius 1 is 1.36 bits per heavy atom. The predicted octanol–water partition coefficient (Wildman–Crippen LogP) is 3.19. The van der Waals surface area contributed by atoms with Crippen molar-refractivity contribution in [2.75, 3.05) is 13.1 Å². The van der Waals surface area contributed by atoms with Crippen molar-refractivity contribution >= 4 is 33.4 Å². The minimum atomic E-state index is -0.0997. The molecule has 0 N–H and O–H groups in total. The molecule has 1 fully saturated rings. The van der Waals surface area contributed by atoms with Gasteiger partial charge in [0.2, 0.25) is 0 Å². The largest absolute Gasteiger partial charge is 0.458 e. The second kappa shape index (κ2) is 6.62. The van der Waals surface area contributed by atoms with Gasteiger partial charge in [0.1, 0.15) is 6.10 Å². The van der Waals surface area contributed by atoms with Gasteiger partial charge in [0.15, 0.2) is 0 Å². The maximum Gasteiger partial charge on any atom is 0.316 e. The van der Waals surface area contributed by atoms with Crippen molar-refractivity contribution < 1.29 is 9.53 Å². The normalized spacial score (nSPS) is 17.5. The van der Waals surface area contributed by atoms with Crippen molar-refractivity contribution in [3.05, 3.63) is 51.7 Å². The van der Waals surface area contributed by atoms with Crippen molar-refractivity contribution in [2.24, 2.45) is 0 Å². The molecule has 7 heteroatoms. The van der Waals surface area contributed by atoms with Crippen LogP contribution in [0.4, 0.5) is 0 Å². The van der Waals surface area contributed by atoms with Gasteiger partial charge in [-0.25, -0.2) is 9.97 Å². The van der Waals surface area contributed by atoms with E-state index in [2.05, 4.69) is 25.9 Å². The zero-order chi connectivity index (χ0) is 15.5. The Bertz CT molecular complexity index is 684. The number of ether oxygens (including phenoxy) is 1. The van der Waals surface area contributed by atoms with E-state index in [0.29, 0.717) is 29.7 Å². The zero-order valence-corrected chi connectivity index (χ0v) is 13.9. The van der Waals surface area contributed by atoms with Crippen LogP contribution in [0.2, 0.25) is 5.02 Å². The number of carbonyl (C=O) groups is 1. The molecule has 22 heavy (non-hydrogen) atoms. The highest BCUT2D eigenvalue weighted by atomic mass is 79.9. The van der Waals surface area contributed by atoms with E-state index in [4.69, 9.17) is 16.3 Å². The Morgan fingerprint density at radius 2 is 2.14 bits per heavy atom. The number of rotatable bonds is 3. The summed E-state index contributed by atoms with van der Waals surface area (Å²) < 4.78 is 6.51. The standard InChI is InChI=1S/C15H13BrClN3O2/c16-10-2-3-13(17)12(8-10)14(21)20-7-4-11(9-20)22-15-18-5-1-6-19-15/h1-3,5-6,8,11H,4,7,9H2/t11-/m0/s1. The topological polar surface area (TPSA) is 55.3 Å². The molecule has 1 aromatic heterocycles. The maximum absolute atomic E-state index is 12.6. The summed E-state index contributed by atoms with van der Waals surface area (Å²) in [6.45, 7) is 1.12. The van der Waals surface area contributed by atoms with Crippen LogP contribution in [-0.4, -0.2) is 40.0 Å². The third kappa shape index (κ3) is 3.39. The summed E-state index contributed by atoms with van der Waals surface area (Å²) in [6.07, 6.45) is 3.90. The summed E-state index contributed by atoms with van der Waals surface area (Å²) in [4.78, 5) is 22.4. The fraction of sp³-hybridized carbons (Fsp3) is 0.267. The third-order valence-corrected chi connectivity index (χ3v) is 4.23. The molecule has 0 saturated carbocycles. The molecule has 5 nitrogen and oxygen atoms in total. The van der Waals surface area contributed by atoms with E-state index in [9.17, 15) is 4.79 Å². The van der Waals surface area contributed by atoms with Crippen LogP contribution in [0, 0.1) is 0 Å². The second-order valence-corrected chi connectivity index (χ2v) is 6.26. The summed E-state index contributed by atoms with van der Waals surface area (Å²) in [5, 5.41) is 0.448. The van der Waals surface area contributed by atoms with Gasteiger partial charge in [-0.1, -0.05) is 27.5 Å². The highest BCUT2D eigenvalue weighted by Gasteiger charge is 2.29. The average molecular weight is 383 g/mol. The molecule has 0 unspecified atom stereocenters. The predicted molar refractivity (Wildman–Crippen MR) is 86.1 cm³/mol. The smallest absolute Gasteiger partial charge is 0.316 e. The van der Waals surface area contributed by atoms with Crippen LogP contribution in [0.15, 0.2) is 41.1 Å². The van der Waals surface area contributed by atoms with Crippen LogP contribution < -0.4 is 4.74 Å². The molecule has 1 aromatic carbocycles. The quantitative estimate of drug-likeness (QED) is 0.818. The highest BCUT2D eigenvalue weighted by Crippen LogP contribution is 2.24. The van der Waals surface area contributed by atoms with E-state index < -0.39 is 0 Å². The van der Waals surface area contributed by atoms with Crippen molar-refractivity contribution in [1.82, 2.24) is 14.9 Å². The minimum Gasteiger partial charge on any atom is -0.458 e. The van der Waals surface area contributed by atoms with Crippen LogP contribution >= 0.6 is 27.5 Å². The number of carbonyl (C=O) groups excluding carboxylic acids is 1. The molecule has 3 rings (SSSR count). The summed E-state index contributed by atoms with van der Waals surface area (Å²) in [5.74, 6) is -0.0913. The molecule has 1 amide bonds. The molecule has 1 saturated heterocycles. The van der Waals surface area contributed by atoms with E-state index in [1.165, 1.54) is 0 Å². The molecule has 0 spiro atoms. The highest BCUT2D eigenvalue weighted by molar-refractivity contribution is 9.10. The van der Waals surface area contributed by atoms with Gasteiger partial charge < -0.3 is 9.64 Å². The number of halogens is 2. The van der Waals surface area contributed by atoms with Crippen LogP contribution in [0.3, 0.4) is 0 Å². The lowest BCUT2D eigenvalue weighted by Crippen LogP contribution is -2.31. The molecule has 1 aliphatic heterocycles. The van der Waals surface area contributed by atoms with E-state index >= 15 is 0 Å². The summed E-state index contributed by atoms with van der Waals surface area (Å²) in [6, 6.07) is 7.32. The summed E-state index contributed by atoms with van der Waals surface area (Å²) in [7, 11) is 0. The van der Waals surface area contributed by atoms with Gasteiger partial charge in [-0.2, -0.15) is 0 Å². The SMILES string of the molecule is O=C(c1cc(Br)ccc1Cl)N1CC[C@H](Oc2ncccn2)C1. The summed E-state index contributed by atoms with van der Waals surface area (Å²) >= 11 is 9.47. The third-order valence-electron chi connectivity index (χ3n) is 3.41. The lowest BCUT2D eigenvalue weighted by molar-refractivity contribution is 0.0770. The second-order valence-electron chi connectivity index (χ2n) is 4.94. The van der Waals surface area contributed by atoms with E-state index in [0.717, 1.165) is 10.9 Å². The molecule has 114 valence electrons. The molecular weight excluding hydrogens is 370 g/mol.